The maximum Gasteiger partial charge on any atom is 0.227 e. The Morgan fingerprint density at radius 3 is 2.52 bits per heavy atom. The Kier molecular flexibility index (Phi) is 4.77. The van der Waals surface area contributed by atoms with E-state index in [9.17, 15) is 0 Å². The molecule has 1 aromatic heterocycles. The van der Waals surface area contributed by atoms with E-state index in [0.717, 1.165) is 27.9 Å². The van der Waals surface area contributed by atoms with Crippen molar-refractivity contribution in [1.82, 2.24) is 14.8 Å². The van der Waals surface area contributed by atoms with E-state index in [1.54, 1.807) is 14.2 Å². The van der Waals surface area contributed by atoms with E-state index in [0.29, 0.717) is 11.5 Å². The molecule has 1 unspecified atom stereocenters. The largest absolute Gasteiger partial charge is 0.493 e. The number of rotatable bonds is 5. The van der Waals surface area contributed by atoms with Crippen molar-refractivity contribution in [2.24, 2.45) is 0 Å². The van der Waals surface area contributed by atoms with Gasteiger partial charge in [0, 0.05) is 11.3 Å². The Bertz CT molecular complexity index is 985. The van der Waals surface area contributed by atoms with Crippen LogP contribution in [0.5, 0.6) is 11.5 Å². The molecule has 0 bridgehead atoms. The zero-order chi connectivity index (χ0) is 18.8. The van der Waals surface area contributed by atoms with E-state index in [1.807, 2.05) is 47.3 Å². The molecule has 27 heavy (non-hydrogen) atoms. The molecule has 3 aromatic rings. The highest BCUT2D eigenvalue weighted by atomic mass is 32.2. The van der Waals surface area contributed by atoms with Gasteiger partial charge in [0.05, 0.1) is 14.2 Å². The summed E-state index contributed by atoms with van der Waals surface area (Å²) in [6, 6.07) is 16.1. The number of hydrogen-bond donors (Lipinski definition) is 1. The van der Waals surface area contributed by atoms with Gasteiger partial charge in [-0.3, -0.25) is 0 Å². The first-order chi connectivity index (χ1) is 13.2. The first-order valence-corrected chi connectivity index (χ1v) is 9.72. The Morgan fingerprint density at radius 1 is 1.04 bits per heavy atom. The quantitative estimate of drug-likeness (QED) is 0.673. The third-order valence-corrected chi connectivity index (χ3v) is 5.00. The van der Waals surface area contributed by atoms with Crippen LogP contribution >= 0.6 is 11.8 Å². The molecule has 0 saturated heterocycles. The van der Waals surface area contributed by atoms with Gasteiger partial charge in [-0.2, -0.15) is 4.98 Å². The fourth-order valence-corrected chi connectivity index (χ4v) is 3.47. The van der Waals surface area contributed by atoms with Gasteiger partial charge in [-0.15, -0.1) is 5.10 Å². The summed E-state index contributed by atoms with van der Waals surface area (Å²) in [7, 11) is 3.27. The summed E-state index contributed by atoms with van der Waals surface area (Å²) in [4.78, 5) is 4.60. The summed E-state index contributed by atoms with van der Waals surface area (Å²) >= 11 is 1.52. The summed E-state index contributed by atoms with van der Waals surface area (Å²) in [6.45, 7) is 0. The molecule has 4 rings (SSSR count). The predicted molar refractivity (Wildman–Crippen MR) is 108 cm³/mol. The second-order valence-corrected chi connectivity index (χ2v) is 6.77. The lowest BCUT2D eigenvalue weighted by atomic mass is 10.0. The third-order valence-electron chi connectivity index (χ3n) is 4.46. The van der Waals surface area contributed by atoms with Crippen LogP contribution in [0, 0.1) is 0 Å². The second kappa shape index (κ2) is 7.36. The van der Waals surface area contributed by atoms with Crippen LogP contribution in [0.4, 0.5) is 5.95 Å². The van der Waals surface area contributed by atoms with Crippen LogP contribution in [0.25, 0.3) is 5.70 Å². The first kappa shape index (κ1) is 17.5. The normalized spacial score (nSPS) is 15.5. The van der Waals surface area contributed by atoms with Crippen LogP contribution in [0.3, 0.4) is 0 Å². The average molecular weight is 380 g/mol. The van der Waals surface area contributed by atoms with Gasteiger partial charge in [0.2, 0.25) is 11.1 Å². The molecule has 2 aromatic carbocycles. The number of allylic oxidation sites excluding steroid dienone is 1. The van der Waals surface area contributed by atoms with Crippen molar-refractivity contribution in [1.29, 1.82) is 0 Å². The fraction of sp³-hybridized carbons (Fsp3) is 0.200. The van der Waals surface area contributed by atoms with Crippen LogP contribution in [-0.4, -0.2) is 35.2 Å². The predicted octanol–water partition coefficient (Wildman–Crippen LogP) is 4.07. The van der Waals surface area contributed by atoms with Gasteiger partial charge in [0.1, 0.15) is 6.04 Å². The maximum absolute atomic E-state index is 5.45. The van der Waals surface area contributed by atoms with Gasteiger partial charge in [0.15, 0.2) is 11.5 Å². The van der Waals surface area contributed by atoms with Gasteiger partial charge in [-0.05, 0) is 36.1 Å². The van der Waals surface area contributed by atoms with Crippen LogP contribution in [-0.2, 0) is 0 Å². The molecule has 0 amide bonds. The van der Waals surface area contributed by atoms with Crippen molar-refractivity contribution in [3.8, 4) is 11.5 Å². The van der Waals surface area contributed by atoms with E-state index < -0.39 is 0 Å². The molecule has 1 N–H and O–H groups in total. The third kappa shape index (κ3) is 3.26. The monoisotopic (exact) mass is 380 g/mol. The Morgan fingerprint density at radius 2 is 1.81 bits per heavy atom. The van der Waals surface area contributed by atoms with Gasteiger partial charge in [-0.1, -0.05) is 42.1 Å². The SMILES string of the molecule is COc1ccc(C2=CC(c3ccccc3)n3nc(SC)nc3N2)cc1OC. The summed E-state index contributed by atoms with van der Waals surface area (Å²) in [6.07, 6.45) is 4.13. The molecule has 0 aliphatic carbocycles. The first-order valence-electron chi connectivity index (χ1n) is 8.50. The van der Waals surface area contributed by atoms with Crippen LogP contribution in [0.15, 0.2) is 59.8 Å². The number of hydrogen-bond acceptors (Lipinski definition) is 6. The molecule has 2 heterocycles. The van der Waals surface area contributed by atoms with E-state index in [2.05, 4.69) is 33.6 Å². The highest BCUT2D eigenvalue weighted by Gasteiger charge is 2.25. The van der Waals surface area contributed by atoms with Crippen LogP contribution < -0.4 is 14.8 Å². The number of anilines is 1. The second-order valence-electron chi connectivity index (χ2n) is 6.00. The number of nitrogens with zero attached hydrogens (tertiary/aromatic N) is 3. The van der Waals surface area contributed by atoms with E-state index in [-0.39, 0.29) is 6.04 Å². The van der Waals surface area contributed by atoms with Crippen molar-refractivity contribution in [2.75, 3.05) is 25.8 Å². The lowest BCUT2D eigenvalue weighted by Crippen LogP contribution is -2.20. The number of ether oxygens (including phenoxy) is 2. The minimum atomic E-state index is -0.0426. The Labute approximate surface area is 162 Å². The molecule has 0 saturated carbocycles. The molecule has 0 fully saturated rings. The van der Waals surface area contributed by atoms with E-state index >= 15 is 0 Å². The number of benzene rings is 2. The fourth-order valence-electron chi connectivity index (χ4n) is 3.12. The van der Waals surface area contributed by atoms with Gasteiger partial charge in [0.25, 0.3) is 0 Å². The molecular formula is C20H20N4O2S. The molecule has 7 heteroatoms. The number of methoxy groups -OCH3 is 2. The molecular weight excluding hydrogens is 360 g/mol. The smallest absolute Gasteiger partial charge is 0.227 e. The minimum absolute atomic E-state index is 0.0426. The van der Waals surface area contributed by atoms with Crippen LogP contribution in [0.1, 0.15) is 17.2 Å². The van der Waals surface area contributed by atoms with Crippen molar-refractivity contribution < 1.29 is 9.47 Å². The van der Waals surface area contributed by atoms with Crippen molar-refractivity contribution in [3.63, 3.8) is 0 Å². The number of fused-ring (bicyclic) bond motifs is 1. The maximum atomic E-state index is 5.45. The van der Waals surface area contributed by atoms with Gasteiger partial charge in [-0.25, -0.2) is 4.68 Å². The summed E-state index contributed by atoms with van der Waals surface area (Å²) in [5, 5.41) is 8.77. The number of nitrogens with one attached hydrogen (secondary N) is 1. The van der Waals surface area contributed by atoms with Crippen molar-refractivity contribution >= 4 is 23.4 Å². The standard InChI is InChI=1S/C20H20N4O2S/c1-25-17-10-9-14(11-18(17)26-2)15-12-16(13-7-5-4-6-8-13)24-19(21-15)22-20(23-24)27-3/h4-12,16H,1-3H3,(H,21,22,23). The topological polar surface area (TPSA) is 61.2 Å². The molecule has 0 spiro atoms. The lowest BCUT2D eigenvalue weighted by molar-refractivity contribution is 0.355. The zero-order valence-electron chi connectivity index (χ0n) is 15.3. The molecule has 0 radical (unpaired) electrons. The summed E-state index contributed by atoms with van der Waals surface area (Å²) in [5.74, 6) is 2.11. The number of thioether (sulfide) groups is 1. The van der Waals surface area contributed by atoms with Crippen molar-refractivity contribution in [2.45, 2.75) is 11.2 Å². The highest BCUT2D eigenvalue weighted by Crippen LogP contribution is 2.36. The Hall–Kier alpha value is -2.93. The Balaban J connectivity index is 1.81. The lowest BCUT2D eigenvalue weighted by Gasteiger charge is -2.24. The molecule has 1 aliphatic heterocycles. The zero-order valence-corrected chi connectivity index (χ0v) is 16.2. The molecule has 1 atom stereocenters. The van der Waals surface area contributed by atoms with Crippen LogP contribution in [0.2, 0.25) is 0 Å². The number of aromatic nitrogens is 3. The van der Waals surface area contributed by atoms with Gasteiger partial charge < -0.3 is 14.8 Å². The molecule has 6 nitrogen and oxygen atoms in total. The molecule has 1 aliphatic rings. The van der Waals surface area contributed by atoms with Crippen molar-refractivity contribution in [3.05, 3.63) is 65.7 Å². The summed E-state index contributed by atoms with van der Waals surface area (Å²) in [5.41, 5.74) is 3.10. The van der Waals surface area contributed by atoms with Gasteiger partial charge >= 0.3 is 0 Å². The highest BCUT2D eigenvalue weighted by molar-refractivity contribution is 7.98. The summed E-state index contributed by atoms with van der Waals surface area (Å²) < 4.78 is 12.7. The average Bonchev–Trinajstić information content (AvgIpc) is 3.16. The minimum Gasteiger partial charge on any atom is -0.493 e. The van der Waals surface area contributed by atoms with E-state index in [1.165, 1.54) is 11.8 Å². The molecule has 138 valence electrons. The van der Waals surface area contributed by atoms with E-state index in [4.69, 9.17) is 9.47 Å².